The fourth-order valence-corrected chi connectivity index (χ4v) is 2.64. The van der Waals surface area contributed by atoms with E-state index in [9.17, 15) is 0 Å². The van der Waals surface area contributed by atoms with Crippen molar-refractivity contribution in [3.63, 3.8) is 0 Å². The lowest BCUT2D eigenvalue weighted by Crippen LogP contribution is -2.29. The Labute approximate surface area is 98.2 Å². The van der Waals surface area contributed by atoms with Crippen molar-refractivity contribution in [2.24, 2.45) is 18.9 Å². The molecule has 1 fully saturated rings. The summed E-state index contributed by atoms with van der Waals surface area (Å²) < 4.78 is 1.86. The van der Waals surface area contributed by atoms with Gasteiger partial charge in [-0.3, -0.25) is 4.68 Å². The maximum atomic E-state index is 4.37. The molecule has 1 N–H and O–H groups in total. The third-order valence-corrected chi connectivity index (χ3v) is 3.77. The molecule has 0 aliphatic heterocycles. The van der Waals surface area contributed by atoms with Crippen LogP contribution in [-0.4, -0.2) is 16.3 Å². The van der Waals surface area contributed by atoms with Crippen LogP contribution in [0.1, 0.15) is 38.3 Å². The Hall–Kier alpha value is -0.830. The fraction of sp³-hybridized carbons (Fsp3) is 0.769. The van der Waals surface area contributed by atoms with Crippen LogP contribution >= 0.6 is 0 Å². The molecule has 2 atom stereocenters. The lowest BCUT2D eigenvalue weighted by Gasteiger charge is -2.28. The summed E-state index contributed by atoms with van der Waals surface area (Å²) in [7, 11) is 1.96. The van der Waals surface area contributed by atoms with Gasteiger partial charge in [-0.15, -0.1) is 0 Å². The van der Waals surface area contributed by atoms with Crippen LogP contribution in [0.25, 0.3) is 0 Å². The maximum absolute atomic E-state index is 4.37. The van der Waals surface area contributed by atoms with E-state index in [0.717, 1.165) is 30.6 Å². The molecule has 0 saturated heterocycles. The van der Waals surface area contributed by atoms with Gasteiger partial charge in [0.25, 0.3) is 0 Å². The minimum Gasteiger partial charge on any atom is -0.311 e. The van der Waals surface area contributed by atoms with Gasteiger partial charge in [0, 0.05) is 19.8 Å². The fourth-order valence-electron chi connectivity index (χ4n) is 2.64. The number of aromatic nitrogens is 2. The van der Waals surface area contributed by atoms with E-state index < -0.39 is 0 Å². The van der Waals surface area contributed by atoms with Crippen molar-refractivity contribution in [1.82, 2.24) is 15.1 Å². The molecular weight excluding hydrogens is 198 g/mol. The second-order valence-electron chi connectivity index (χ2n) is 5.13. The summed E-state index contributed by atoms with van der Waals surface area (Å²) in [6.45, 7) is 4.45. The van der Waals surface area contributed by atoms with Crippen LogP contribution in [0.4, 0.5) is 0 Å². The molecule has 0 aromatic carbocycles. The normalized spacial score (nSPS) is 25.9. The van der Waals surface area contributed by atoms with Gasteiger partial charge >= 0.3 is 0 Å². The van der Waals surface area contributed by atoms with Gasteiger partial charge in [0.1, 0.15) is 0 Å². The number of hydrogen-bond acceptors (Lipinski definition) is 2. The molecule has 90 valence electrons. The summed E-state index contributed by atoms with van der Waals surface area (Å²) in [5.74, 6) is 1.77. The van der Waals surface area contributed by atoms with Gasteiger partial charge < -0.3 is 5.32 Å². The quantitative estimate of drug-likeness (QED) is 0.845. The highest BCUT2D eigenvalue weighted by Gasteiger charge is 2.20. The monoisotopic (exact) mass is 221 g/mol. The summed E-state index contributed by atoms with van der Waals surface area (Å²) >= 11 is 0. The molecule has 0 amide bonds. The molecule has 16 heavy (non-hydrogen) atoms. The first-order valence-corrected chi connectivity index (χ1v) is 6.45. The summed E-state index contributed by atoms with van der Waals surface area (Å²) in [5.41, 5.74) is 1.14. The van der Waals surface area contributed by atoms with Crippen LogP contribution in [0.5, 0.6) is 0 Å². The van der Waals surface area contributed by atoms with E-state index >= 15 is 0 Å². The standard InChI is InChI=1S/C13H23N3/c1-11-5-3-4-6-12(11)9-14-10-13-7-8-16(2)15-13/h7-8,11-12,14H,3-6,9-10H2,1-2H3. The van der Waals surface area contributed by atoms with Crippen LogP contribution in [0.2, 0.25) is 0 Å². The molecule has 1 heterocycles. The van der Waals surface area contributed by atoms with Gasteiger partial charge in [-0.2, -0.15) is 5.10 Å². The van der Waals surface area contributed by atoms with E-state index in [-0.39, 0.29) is 0 Å². The SMILES string of the molecule is CC1CCCCC1CNCc1ccn(C)n1. The predicted molar refractivity (Wildman–Crippen MR) is 66.0 cm³/mol. The maximum Gasteiger partial charge on any atom is 0.0762 e. The zero-order valence-electron chi connectivity index (χ0n) is 10.4. The second-order valence-corrected chi connectivity index (χ2v) is 5.13. The Morgan fingerprint density at radius 3 is 2.94 bits per heavy atom. The molecule has 0 spiro atoms. The number of rotatable bonds is 4. The predicted octanol–water partition coefficient (Wildman–Crippen LogP) is 2.34. The second kappa shape index (κ2) is 5.48. The number of hydrogen-bond donors (Lipinski definition) is 1. The van der Waals surface area contributed by atoms with E-state index in [4.69, 9.17) is 0 Å². The van der Waals surface area contributed by atoms with E-state index in [1.54, 1.807) is 0 Å². The van der Waals surface area contributed by atoms with E-state index in [1.165, 1.54) is 25.7 Å². The highest BCUT2D eigenvalue weighted by Crippen LogP contribution is 2.28. The molecule has 2 unspecified atom stereocenters. The molecule has 1 aliphatic rings. The molecule has 2 rings (SSSR count). The molecule has 0 radical (unpaired) electrons. The average molecular weight is 221 g/mol. The van der Waals surface area contributed by atoms with E-state index in [1.807, 2.05) is 17.9 Å². The van der Waals surface area contributed by atoms with Crippen LogP contribution in [0, 0.1) is 11.8 Å². The Morgan fingerprint density at radius 1 is 1.44 bits per heavy atom. The molecule has 1 aromatic rings. The first-order chi connectivity index (χ1) is 7.75. The van der Waals surface area contributed by atoms with Crippen LogP contribution in [0.15, 0.2) is 12.3 Å². The Balaban J connectivity index is 1.71. The summed E-state index contributed by atoms with van der Waals surface area (Å²) in [6.07, 6.45) is 7.66. The van der Waals surface area contributed by atoms with Gasteiger partial charge in [-0.25, -0.2) is 0 Å². The molecule has 3 nitrogen and oxygen atoms in total. The van der Waals surface area contributed by atoms with Gasteiger partial charge in [0.15, 0.2) is 0 Å². The van der Waals surface area contributed by atoms with Gasteiger partial charge in [-0.1, -0.05) is 26.2 Å². The van der Waals surface area contributed by atoms with Crippen molar-refractivity contribution in [2.45, 2.75) is 39.2 Å². The van der Waals surface area contributed by atoms with Crippen LogP contribution in [0.3, 0.4) is 0 Å². The topological polar surface area (TPSA) is 29.9 Å². The average Bonchev–Trinajstić information content (AvgIpc) is 2.67. The highest BCUT2D eigenvalue weighted by molar-refractivity contribution is 4.97. The van der Waals surface area contributed by atoms with Crippen molar-refractivity contribution in [3.05, 3.63) is 18.0 Å². The summed E-state index contributed by atoms with van der Waals surface area (Å²) in [4.78, 5) is 0. The van der Waals surface area contributed by atoms with Crippen molar-refractivity contribution < 1.29 is 0 Å². The lowest BCUT2D eigenvalue weighted by atomic mass is 9.80. The molecule has 0 bridgehead atoms. The first kappa shape index (κ1) is 11.6. The van der Waals surface area contributed by atoms with Gasteiger partial charge in [0.2, 0.25) is 0 Å². The minimum absolute atomic E-state index is 0.873. The van der Waals surface area contributed by atoms with Crippen molar-refractivity contribution in [1.29, 1.82) is 0 Å². The largest absolute Gasteiger partial charge is 0.311 e. The van der Waals surface area contributed by atoms with Crippen molar-refractivity contribution >= 4 is 0 Å². The van der Waals surface area contributed by atoms with Crippen LogP contribution < -0.4 is 5.32 Å². The number of nitrogens with zero attached hydrogens (tertiary/aromatic N) is 2. The molecule has 1 aromatic heterocycles. The van der Waals surface area contributed by atoms with Crippen LogP contribution in [-0.2, 0) is 13.6 Å². The summed E-state index contributed by atoms with van der Waals surface area (Å²) in [6, 6.07) is 2.08. The zero-order valence-corrected chi connectivity index (χ0v) is 10.4. The van der Waals surface area contributed by atoms with Crippen molar-refractivity contribution in [2.75, 3.05) is 6.54 Å². The van der Waals surface area contributed by atoms with E-state index in [2.05, 4.69) is 23.4 Å². The number of aryl methyl sites for hydroxylation is 1. The first-order valence-electron chi connectivity index (χ1n) is 6.45. The van der Waals surface area contributed by atoms with Gasteiger partial charge in [-0.05, 0) is 30.9 Å². The third kappa shape index (κ3) is 3.08. The zero-order chi connectivity index (χ0) is 11.4. The molecular formula is C13H23N3. The number of nitrogens with one attached hydrogen (secondary N) is 1. The van der Waals surface area contributed by atoms with Gasteiger partial charge in [0.05, 0.1) is 5.69 Å². The smallest absolute Gasteiger partial charge is 0.0762 e. The Bertz CT molecular complexity index is 319. The Kier molecular flexibility index (Phi) is 3.99. The van der Waals surface area contributed by atoms with E-state index in [0.29, 0.717) is 0 Å². The molecule has 3 heteroatoms. The minimum atomic E-state index is 0.873. The summed E-state index contributed by atoms with van der Waals surface area (Å²) in [5, 5.41) is 7.91. The highest BCUT2D eigenvalue weighted by atomic mass is 15.3. The molecule has 1 aliphatic carbocycles. The third-order valence-electron chi connectivity index (χ3n) is 3.77. The Morgan fingerprint density at radius 2 is 2.25 bits per heavy atom. The lowest BCUT2D eigenvalue weighted by molar-refractivity contribution is 0.247. The van der Waals surface area contributed by atoms with Crippen molar-refractivity contribution in [3.8, 4) is 0 Å². The molecule has 1 saturated carbocycles.